The standard InChI is InChI=1S/C13H10N4O2S3/c1-19-17-10(9-6-15-12(14)20-9)11(18)22-13-16-7-4-2-3-5-8(7)21-13/h2-6H,1H3,(H2,14,15)/b17-10+. The summed E-state index contributed by atoms with van der Waals surface area (Å²) >= 11 is 3.66. The number of fused-ring (bicyclic) bond motifs is 1. The smallest absolute Gasteiger partial charge is 0.249 e. The molecule has 0 spiro atoms. The summed E-state index contributed by atoms with van der Waals surface area (Å²) in [4.78, 5) is 26.1. The van der Waals surface area contributed by atoms with E-state index in [2.05, 4.69) is 15.1 Å². The highest BCUT2D eigenvalue weighted by Gasteiger charge is 2.21. The molecule has 22 heavy (non-hydrogen) atoms. The van der Waals surface area contributed by atoms with Gasteiger partial charge in [-0.25, -0.2) is 9.97 Å². The van der Waals surface area contributed by atoms with Crippen LogP contribution in [0.3, 0.4) is 0 Å². The van der Waals surface area contributed by atoms with Crippen LogP contribution in [0.5, 0.6) is 0 Å². The number of thiazole rings is 2. The fourth-order valence-corrected chi connectivity index (χ4v) is 4.33. The molecule has 0 aliphatic carbocycles. The summed E-state index contributed by atoms with van der Waals surface area (Å²) in [6.07, 6.45) is 1.51. The van der Waals surface area contributed by atoms with Crippen molar-refractivity contribution < 1.29 is 9.63 Å². The second kappa shape index (κ2) is 6.42. The van der Waals surface area contributed by atoms with Gasteiger partial charge in [0.2, 0.25) is 5.12 Å². The molecule has 112 valence electrons. The molecule has 0 fully saturated rings. The SMILES string of the molecule is CO/N=C(/C(=O)Sc1nc2ccccc2s1)c1cnc(N)s1. The number of aromatic nitrogens is 2. The first-order chi connectivity index (χ1) is 10.7. The largest absolute Gasteiger partial charge is 0.398 e. The van der Waals surface area contributed by atoms with E-state index in [1.54, 1.807) is 0 Å². The van der Waals surface area contributed by atoms with E-state index in [4.69, 9.17) is 10.6 Å². The minimum absolute atomic E-state index is 0.181. The Hall–Kier alpha value is -1.97. The van der Waals surface area contributed by atoms with Crippen molar-refractivity contribution in [3.05, 3.63) is 35.3 Å². The quantitative estimate of drug-likeness (QED) is 0.442. The zero-order chi connectivity index (χ0) is 15.5. The summed E-state index contributed by atoms with van der Waals surface area (Å²) in [7, 11) is 1.39. The number of nitrogens with two attached hydrogens (primary N) is 1. The number of nitrogen functional groups attached to an aromatic ring is 1. The van der Waals surface area contributed by atoms with Crippen LogP contribution < -0.4 is 5.73 Å². The number of nitrogens with zero attached hydrogens (tertiary/aromatic N) is 3. The van der Waals surface area contributed by atoms with Gasteiger partial charge in [0, 0.05) is 6.20 Å². The molecule has 6 nitrogen and oxygen atoms in total. The Bertz CT molecular complexity index is 823. The van der Waals surface area contributed by atoms with Crippen LogP contribution in [0.15, 0.2) is 40.0 Å². The van der Waals surface area contributed by atoms with E-state index in [1.165, 1.54) is 36.0 Å². The van der Waals surface area contributed by atoms with Gasteiger partial charge >= 0.3 is 0 Å². The second-order valence-corrected chi connectivity index (χ2v) is 7.34. The molecule has 0 saturated heterocycles. The van der Waals surface area contributed by atoms with Crippen molar-refractivity contribution in [2.45, 2.75) is 4.34 Å². The molecule has 0 radical (unpaired) electrons. The van der Waals surface area contributed by atoms with Crippen LogP contribution in [0.25, 0.3) is 10.2 Å². The van der Waals surface area contributed by atoms with Gasteiger partial charge in [0.1, 0.15) is 7.11 Å². The summed E-state index contributed by atoms with van der Waals surface area (Å²) in [6, 6.07) is 7.73. The molecule has 3 aromatic rings. The number of hydrogen-bond donors (Lipinski definition) is 1. The Kier molecular flexibility index (Phi) is 4.36. The average Bonchev–Trinajstić information content (AvgIpc) is 3.10. The summed E-state index contributed by atoms with van der Waals surface area (Å²) in [6.45, 7) is 0. The van der Waals surface area contributed by atoms with Crippen molar-refractivity contribution in [2.24, 2.45) is 5.16 Å². The lowest BCUT2D eigenvalue weighted by Gasteiger charge is -1.99. The monoisotopic (exact) mass is 350 g/mol. The fraction of sp³-hybridized carbons (Fsp3) is 0.0769. The predicted molar refractivity (Wildman–Crippen MR) is 90.6 cm³/mol. The highest BCUT2D eigenvalue weighted by Crippen LogP contribution is 2.31. The van der Waals surface area contributed by atoms with E-state index in [9.17, 15) is 4.79 Å². The lowest BCUT2D eigenvalue weighted by molar-refractivity contribution is -0.105. The van der Waals surface area contributed by atoms with Gasteiger partial charge in [-0.05, 0) is 23.9 Å². The van der Waals surface area contributed by atoms with Gasteiger partial charge in [-0.2, -0.15) is 0 Å². The third kappa shape index (κ3) is 3.11. The molecule has 2 N–H and O–H groups in total. The van der Waals surface area contributed by atoms with Crippen LogP contribution in [0.2, 0.25) is 0 Å². The van der Waals surface area contributed by atoms with E-state index >= 15 is 0 Å². The molecule has 0 amide bonds. The normalized spacial score (nSPS) is 11.8. The summed E-state index contributed by atoms with van der Waals surface area (Å²) in [5, 5.41) is 3.91. The Morgan fingerprint density at radius 3 is 2.86 bits per heavy atom. The topological polar surface area (TPSA) is 90.5 Å². The van der Waals surface area contributed by atoms with Crippen LogP contribution in [0.4, 0.5) is 5.13 Å². The molecule has 3 rings (SSSR count). The predicted octanol–water partition coefficient (Wildman–Crippen LogP) is 3.00. The fourth-order valence-electron chi connectivity index (χ4n) is 1.69. The molecule has 0 saturated carbocycles. The molecule has 1 aromatic carbocycles. The number of benzene rings is 1. The van der Waals surface area contributed by atoms with Gasteiger partial charge < -0.3 is 10.6 Å². The lowest BCUT2D eigenvalue weighted by atomic mass is 10.3. The van der Waals surface area contributed by atoms with Crippen LogP contribution in [-0.2, 0) is 9.63 Å². The second-order valence-electron chi connectivity index (χ2n) is 4.02. The minimum Gasteiger partial charge on any atom is -0.398 e. The third-order valence-electron chi connectivity index (χ3n) is 2.59. The van der Waals surface area contributed by atoms with Gasteiger partial charge in [-0.1, -0.05) is 28.6 Å². The molecule has 0 aliphatic rings. The third-order valence-corrected chi connectivity index (χ3v) is 5.40. The molecule has 2 heterocycles. The highest BCUT2D eigenvalue weighted by molar-refractivity contribution is 8.16. The van der Waals surface area contributed by atoms with Crippen molar-refractivity contribution in [2.75, 3.05) is 12.8 Å². The van der Waals surface area contributed by atoms with Crippen molar-refractivity contribution in [3.8, 4) is 0 Å². The molecular formula is C13H10N4O2S3. The van der Waals surface area contributed by atoms with Crippen LogP contribution in [0, 0.1) is 0 Å². The first-order valence-corrected chi connectivity index (χ1v) is 8.53. The van der Waals surface area contributed by atoms with Gasteiger partial charge in [-0.15, -0.1) is 11.3 Å². The Labute approximate surface area is 138 Å². The Morgan fingerprint density at radius 1 is 1.36 bits per heavy atom. The van der Waals surface area contributed by atoms with Crippen molar-refractivity contribution in [1.82, 2.24) is 9.97 Å². The zero-order valence-electron chi connectivity index (χ0n) is 11.3. The van der Waals surface area contributed by atoms with E-state index < -0.39 is 0 Å². The summed E-state index contributed by atoms with van der Waals surface area (Å²) < 4.78 is 1.69. The van der Waals surface area contributed by atoms with Gasteiger partial charge in [-0.3, -0.25) is 4.79 Å². The Morgan fingerprint density at radius 2 is 2.18 bits per heavy atom. The first-order valence-electron chi connectivity index (χ1n) is 6.08. The number of thioether (sulfide) groups is 1. The summed E-state index contributed by atoms with van der Waals surface area (Å²) in [5.74, 6) is 0. The minimum atomic E-state index is -0.260. The number of para-hydroxylation sites is 1. The van der Waals surface area contributed by atoms with Gasteiger partial charge in [0.05, 0.1) is 15.1 Å². The molecular weight excluding hydrogens is 340 g/mol. The molecule has 0 atom stereocenters. The molecule has 0 aliphatic heterocycles. The number of oxime groups is 1. The van der Waals surface area contributed by atoms with Crippen molar-refractivity contribution in [1.29, 1.82) is 0 Å². The van der Waals surface area contributed by atoms with Gasteiger partial charge in [0.15, 0.2) is 15.2 Å². The zero-order valence-corrected chi connectivity index (χ0v) is 13.8. The molecule has 0 unspecified atom stereocenters. The van der Waals surface area contributed by atoms with Crippen LogP contribution in [0.1, 0.15) is 4.88 Å². The highest BCUT2D eigenvalue weighted by atomic mass is 32.2. The maximum Gasteiger partial charge on any atom is 0.249 e. The number of hydrogen-bond acceptors (Lipinski definition) is 9. The number of carbonyl (C=O) groups is 1. The maximum absolute atomic E-state index is 12.4. The average molecular weight is 350 g/mol. The lowest BCUT2D eigenvalue weighted by Crippen LogP contribution is -2.10. The van der Waals surface area contributed by atoms with Crippen LogP contribution in [-0.4, -0.2) is 27.9 Å². The molecule has 0 bridgehead atoms. The van der Waals surface area contributed by atoms with Crippen molar-refractivity contribution in [3.63, 3.8) is 0 Å². The van der Waals surface area contributed by atoms with E-state index in [0.29, 0.717) is 14.3 Å². The van der Waals surface area contributed by atoms with Gasteiger partial charge in [0.25, 0.3) is 0 Å². The molecule has 2 aromatic heterocycles. The van der Waals surface area contributed by atoms with E-state index in [1.807, 2.05) is 24.3 Å². The summed E-state index contributed by atoms with van der Waals surface area (Å²) in [5.41, 5.74) is 6.65. The maximum atomic E-state index is 12.4. The number of rotatable bonds is 4. The molecule has 9 heteroatoms. The Balaban J connectivity index is 1.86. The number of carbonyl (C=O) groups excluding carboxylic acids is 1. The van der Waals surface area contributed by atoms with E-state index in [0.717, 1.165) is 22.0 Å². The number of anilines is 1. The van der Waals surface area contributed by atoms with Crippen LogP contribution >= 0.6 is 34.4 Å². The van der Waals surface area contributed by atoms with Crippen molar-refractivity contribution >= 4 is 60.6 Å². The first kappa shape index (κ1) is 14.9. The van der Waals surface area contributed by atoms with E-state index in [-0.39, 0.29) is 10.8 Å².